The third-order valence-corrected chi connectivity index (χ3v) is 3.45. The molecule has 0 saturated heterocycles. The van der Waals surface area contributed by atoms with E-state index in [2.05, 4.69) is 0 Å². The van der Waals surface area contributed by atoms with Gasteiger partial charge in [0.05, 0.1) is 16.2 Å². The van der Waals surface area contributed by atoms with E-state index in [4.69, 9.17) is 5.11 Å². The number of halogens is 3. The summed E-state index contributed by atoms with van der Waals surface area (Å²) in [5.41, 5.74) is -2.30. The van der Waals surface area contributed by atoms with Crippen LogP contribution in [0.2, 0.25) is 0 Å². The topological polar surface area (TPSA) is 92.5 Å². The minimum absolute atomic E-state index is 0. The summed E-state index contributed by atoms with van der Waals surface area (Å²) >= 11 is 0. The average molecular weight is 581 g/mol. The molecule has 10 heteroatoms. The molecule has 0 aliphatic rings. The van der Waals surface area contributed by atoms with Crippen molar-refractivity contribution in [2.45, 2.75) is 12.3 Å². The zero-order valence-corrected chi connectivity index (χ0v) is 18.0. The predicted octanol–water partition coefficient (Wildman–Crippen LogP) is 3.00. The molecule has 0 unspecified atom stereocenters. The van der Waals surface area contributed by atoms with Crippen molar-refractivity contribution in [3.8, 4) is 0 Å². The van der Waals surface area contributed by atoms with Crippen molar-refractivity contribution in [3.05, 3.63) is 69.5 Å². The number of anilines is 1. The average Bonchev–Trinajstić information content (AvgIpc) is 2.59. The molecule has 0 bridgehead atoms. The minimum atomic E-state index is -3.92. The van der Waals surface area contributed by atoms with E-state index in [1.165, 1.54) is 18.2 Å². The number of carbonyl (C=O) groups excluding carboxylic acids is 1. The fraction of sp³-hybridized carbons (Fsp3) is 0.188. The molecule has 0 saturated carbocycles. The Kier molecular flexibility index (Phi) is 8.19. The van der Waals surface area contributed by atoms with Gasteiger partial charge in [0.25, 0.3) is 11.6 Å². The number of nitro benzene ring substituents is 1. The fourth-order valence-corrected chi connectivity index (χ4v) is 2.21. The third-order valence-electron chi connectivity index (χ3n) is 3.45. The molecule has 26 heavy (non-hydrogen) atoms. The van der Waals surface area contributed by atoms with Gasteiger partial charge in [-0.2, -0.15) is 8.78 Å². The van der Waals surface area contributed by atoms with E-state index in [1.54, 1.807) is 5.32 Å². The number of aliphatic hydroxyl groups excluding tert-OH is 1. The maximum atomic E-state index is 14.4. The van der Waals surface area contributed by atoms with Gasteiger partial charge in [0.2, 0.25) is 0 Å². The Morgan fingerprint density at radius 2 is 1.81 bits per heavy atom. The predicted molar refractivity (Wildman–Crippen MR) is 82.8 cm³/mol. The van der Waals surface area contributed by atoms with E-state index in [0.29, 0.717) is 0 Å². The Morgan fingerprint density at radius 1 is 1.19 bits per heavy atom. The van der Waals surface area contributed by atoms with Crippen LogP contribution in [0.5, 0.6) is 0 Å². The van der Waals surface area contributed by atoms with E-state index < -0.39 is 58.1 Å². The van der Waals surface area contributed by atoms with Gasteiger partial charge >= 0.3 is 5.92 Å². The van der Waals surface area contributed by atoms with Crippen LogP contribution in [0.1, 0.15) is 11.1 Å². The van der Waals surface area contributed by atoms with E-state index in [-0.39, 0.29) is 44.1 Å². The van der Waals surface area contributed by atoms with Crippen LogP contribution in [0.3, 0.4) is 0 Å². The van der Waals surface area contributed by atoms with Crippen molar-refractivity contribution in [3.63, 3.8) is 0 Å². The minimum Gasteiger partial charge on any atom is -0.396 e. The number of benzene rings is 2. The summed E-state index contributed by atoms with van der Waals surface area (Å²) in [5, 5.41) is 21.5. The molecular weight excluding hydrogens is 568 g/mol. The molecule has 2 aromatic rings. The quantitative estimate of drug-likeness (QED) is 0.406. The molecular formula is C16H13AcF3N2O4. The van der Waals surface area contributed by atoms with E-state index in [9.17, 15) is 28.1 Å². The van der Waals surface area contributed by atoms with Crippen LogP contribution in [-0.4, -0.2) is 22.5 Å². The van der Waals surface area contributed by atoms with E-state index in [0.717, 1.165) is 24.3 Å². The first-order chi connectivity index (χ1) is 11.8. The molecule has 0 aromatic heterocycles. The second-order valence-corrected chi connectivity index (χ2v) is 5.05. The zero-order chi connectivity index (χ0) is 18.6. The smallest absolute Gasteiger partial charge is 0.350 e. The maximum Gasteiger partial charge on any atom is 0.350 e. The first kappa shape index (κ1) is 22.5. The molecule has 0 spiro atoms. The number of hydrogen-bond donors (Lipinski definition) is 2. The molecule has 0 aliphatic carbocycles. The van der Waals surface area contributed by atoms with Crippen LogP contribution in [0.4, 0.5) is 24.5 Å². The van der Waals surface area contributed by atoms with Crippen molar-refractivity contribution >= 4 is 17.3 Å². The van der Waals surface area contributed by atoms with Gasteiger partial charge in [0.1, 0.15) is 0 Å². The Labute approximate surface area is 182 Å². The van der Waals surface area contributed by atoms with Crippen LogP contribution in [-0.2, 0) is 17.1 Å². The summed E-state index contributed by atoms with van der Waals surface area (Å²) in [6.45, 7) is -0.588. The number of aliphatic hydroxyl groups is 1. The Balaban J connectivity index is 0.00000338. The van der Waals surface area contributed by atoms with E-state index >= 15 is 0 Å². The fourth-order valence-electron chi connectivity index (χ4n) is 2.21. The SMILES string of the molecule is O=C(Nc1ccc([N+](=O)[O-])c(CCO)c1F)C(F)(F)c1ccccc1.[Ac]. The Hall–Kier alpha value is -1.50. The second kappa shape index (κ2) is 9.44. The molecule has 2 aromatic carbocycles. The molecule has 0 atom stereocenters. The molecule has 2 rings (SSSR count). The molecule has 1 amide bonds. The first-order valence-corrected chi connectivity index (χ1v) is 7.10. The maximum absolute atomic E-state index is 14.4. The van der Waals surface area contributed by atoms with Gasteiger partial charge in [-0.25, -0.2) is 4.39 Å². The van der Waals surface area contributed by atoms with Gasteiger partial charge in [0, 0.05) is 68.7 Å². The van der Waals surface area contributed by atoms with Crippen LogP contribution in [0, 0.1) is 60.0 Å². The molecule has 6 nitrogen and oxygen atoms in total. The summed E-state index contributed by atoms with van der Waals surface area (Å²) in [6, 6.07) is 7.93. The number of hydrogen-bond acceptors (Lipinski definition) is 4. The van der Waals surface area contributed by atoms with Crippen molar-refractivity contribution in [1.82, 2.24) is 0 Å². The number of amides is 1. The van der Waals surface area contributed by atoms with Crippen LogP contribution in [0.15, 0.2) is 42.5 Å². The molecule has 0 aliphatic heterocycles. The van der Waals surface area contributed by atoms with Crippen molar-refractivity contribution in [2.75, 3.05) is 11.9 Å². The van der Waals surface area contributed by atoms with Gasteiger partial charge in [-0.3, -0.25) is 14.9 Å². The summed E-state index contributed by atoms with van der Waals surface area (Å²) in [5.74, 6) is -6.94. The van der Waals surface area contributed by atoms with Gasteiger partial charge in [-0.05, 0) is 6.07 Å². The number of carbonyl (C=O) groups is 1. The Morgan fingerprint density at radius 3 is 2.35 bits per heavy atom. The number of rotatable bonds is 6. The van der Waals surface area contributed by atoms with Crippen molar-refractivity contribution in [2.24, 2.45) is 0 Å². The molecule has 0 fully saturated rings. The Bertz CT molecular complexity index is 804. The summed E-state index contributed by atoms with van der Waals surface area (Å²) in [7, 11) is 0. The zero-order valence-electron chi connectivity index (χ0n) is 13.3. The first-order valence-electron chi connectivity index (χ1n) is 7.10. The van der Waals surface area contributed by atoms with Gasteiger partial charge in [-0.1, -0.05) is 30.3 Å². The summed E-state index contributed by atoms with van der Waals surface area (Å²) in [6.07, 6.45) is -0.402. The van der Waals surface area contributed by atoms with E-state index in [1.807, 2.05) is 0 Å². The molecule has 2 N–H and O–H groups in total. The summed E-state index contributed by atoms with van der Waals surface area (Å²) < 4.78 is 42.6. The number of nitrogens with zero attached hydrogens (tertiary/aromatic N) is 1. The van der Waals surface area contributed by atoms with Crippen LogP contribution >= 0.6 is 0 Å². The molecule has 0 heterocycles. The molecule has 135 valence electrons. The number of nitrogens with one attached hydrogen (secondary N) is 1. The van der Waals surface area contributed by atoms with Crippen LogP contribution < -0.4 is 5.32 Å². The van der Waals surface area contributed by atoms with Crippen molar-refractivity contribution in [1.29, 1.82) is 0 Å². The normalized spacial score (nSPS) is 10.8. The molecule has 1 radical (unpaired) electrons. The summed E-state index contributed by atoms with van der Waals surface area (Å²) in [4.78, 5) is 21.9. The van der Waals surface area contributed by atoms with Crippen LogP contribution in [0.25, 0.3) is 0 Å². The van der Waals surface area contributed by atoms with Gasteiger partial charge in [0.15, 0.2) is 5.82 Å². The standard InChI is InChI=1S/C16H13F3N2O4.Ac/c17-14-11(8-9-22)13(21(24)25)7-6-12(14)20-15(23)16(18,19)10-4-2-1-3-5-10;/h1-7,22H,8-9H2,(H,20,23);. The number of alkyl halides is 2. The van der Waals surface area contributed by atoms with Gasteiger partial charge in [-0.15, -0.1) is 0 Å². The van der Waals surface area contributed by atoms with Gasteiger partial charge < -0.3 is 10.4 Å². The number of nitro groups is 1. The van der Waals surface area contributed by atoms with Crippen molar-refractivity contribution < 1.29 is 72.1 Å². The largest absolute Gasteiger partial charge is 0.396 e. The third kappa shape index (κ3) is 4.81. The monoisotopic (exact) mass is 581 g/mol. The second-order valence-electron chi connectivity index (χ2n) is 5.05.